The van der Waals surface area contributed by atoms with Gasteiger partial charge in [-0.15, -0.1) is 0 Å². The number of benzene rings is 3. The van der Waals surface area contributed by atoms with E-state index >= 15 is 0 Å². The molecule has 0 saturated heterocycles. The van der Waals surface area contributed by atoms with E-state index in [1.807, 2.05) is 13.8 Å². The molecule has 3 aromatic carbocycles. The summed E-state index contributed by atoms with van der Waals surface area (Å²) in [6.45, 7) is 3.76. The molecule has 0 fully saturated rings. The molecule has 3 aromatic rings. The van der Waals surface area contributed by atoms with Crippen LogP contribution < -0.4 is 23.8 Å². The fourth-order valence-electron chi connectivity index (χ4n) is 3.26. The molecule has 0 radical (unpaired) electrons. The van der Waals surface area contributed by atoms with Crippen molar-refractivity contribution >= 4 is 27.3 Å². The van der Waals surface area contributed by atoms with E-state index in [9.17, 15) is 13.2 Å². The predicted octanol–water partition coefficient (Wildman–Crippen LogP) is 4.24. The summed E-state index contributed by atoms with van der Waals surface area (Å²) in [4.78, 5) is 13.1. The average molecular weight is 485 g/mol. The minimum atomic E-state index is -4.04. The molecule has 0 heterocycles. The highest BCUT2D eigenvalue weighted by Gasteiger charge is 2.27. The zero-order valence-corrected chi connectivity index (χ0v) is 20.4. The van der Waals surface area contributed by atoms with Crippen LogP contribution in [-0.2, 0) is 14.8 Å². The van der Waals surface area contributed by atoms with Gasteiger partial charge in [0.05, 0.1) is 37.1 Å². The second-order valence-electron chi connectivity index (χ2n) is 7.37. The van der Waals surface area contributed by atoms with Gasteiger partial charge in [-0.2, -0.15) is 0 Å². The summed E-state index contributed by atoms with van der Waals surface area (Å²) in [6, 6.07) is 18.0. The number of methoxy groups -OCH3 is 2. The van der Waals surface area contributed by atoms with Gasteiger partial charge in [-0.1, -0.05) is 17.7 Å². The first kappa shape index (κ1) is 24.9. The Morgan fingerprint density at radius 2 is 1.56 bits per heavy atom. The maximum atomic E-state index is 13.5. The number of aryl methyl sites for hydroxylation is 1. The number of amides is 1. The lowest BCUT2D eigenvalue weighted by Gasteiger charge is -2.24. The standard InChI is InChI=1S/C25H28N2O6S/c1-5-33-20-10-8-19(9-11-20)27(34(29,30)22-13-6-18(2)7-14-22)17-25(28)26-23-16-21(31-3)12-15-24(23)32-4/h6-16H,5,17H2,1-4H3,(H,26,28). The lowest BCUT2D eigenvalue weighted by Crippen LogP contribution is -2.38. The van der Waals surface area contributed by atoms with Crippen LogP contribution in [0.2, 0.25) is 0 Å². The fourth-order valence-corrected chi connectivity index (χ4v) is 4.68. The fraction of sp³-hybridized carbons (Fsp3) is 0.240. The van der Waals surface area contributed by atoms with Crippen molar-refractivity contribution < 1.29 is 27.4 Å². The minimum Gasteiger partial charge on any atom is -0.497 e. The van der Waals surface area contributed by atoms with Gasteiger partial charge in [-0.05, 0) is 62.4 Å². The van der Waals surface area contributed by atoms with Crippen LogP contribution in [0.1, 0.15) is 12.5 Å². The van der Waals surface area contributed by atoms with Gasteiger partial charge in [0.2, 0.25) is 5.91 Å². The Morgan fingerprint density at radius 1 is 0.912 bits per heavy atom. The summed E-state index contributed by atoms with van der Waals surface area (Å²) in [7, 11) is -1.05. The van der Waals surface area contributed by atoms with Crippen molar-refractivity contribution in [1.82, 2.24) is 0 Å². The molecule has 9 heteroatoms. The Morgan fingerprint density at radius 3 is 2.15 bits per heavy atom. The van der Waals surface area contributed by atoms with Crippen LogP contribution in [-0.4, -0.2) is 41.7 Å². The molecule has 0 aromatic heterocycles. The summed E-state index contributed by atoms with van der Waals surface area (Å²) in [5, 5.41) is 2.73. The lowest BCUT2D eigenvalue weighted by atomic mass is 10.2. The van der Waals surface area contributed by atoms with Crippen LogP contribution in [0.3, 0.4) is 0 Å². The number of rotatable bonds is 10. The number of carbonyl (C=O) groups is 1. The number of nitrogens with one attached hydrogen (secondary N) is 1. The molecule has 0 bridgehead atoms. The normalized spacial score (nSPS) is 10.9. The molecular weight excluding hydrogens is 456 g/mol. The predicted molar refractivity (Wildman–Crippen MR) is 131 cm³/mol. The molecule has 1 amide bonds. The van der Waals surface area contributed by atoms with Gasteiger partial charge in [0.25, 0.3) is 10.0 Å². The smallest absolute Gasteiger partial charge is 0.264 e. The van der Waals surface area contributed by atoms with Crippen molar-refractivity contribution in [2.75, 3.05) is 37.0 Å². The number of hydrogen-bond donors (Lipinski definition) is 1. The summed E-state index contributed by atoms with van der Waals surface area (Å²) in [5.41, 5.74) is 1.62. The van der Waals surface area contributed by atoms with E-state index in [2.05, 4.69) is 5.32 Å². The first-order valence-corrected chi connectivity index (χ1v) is 12.1. The van der Waals surface area contributed by atoms with E-state index < -0.39 is 22.5 Å². The molecule has 0 unspecified atom stereocenters. The SMILES string of the molecule is CCOc1ccc(N(CC(=O)Nc2cc(OC)ccc2OC)S(=O)(=O)c2ccc(C)cc2)cc1. The largest absolute Gasteiger partial charge is 0.497 e. The first-order chi connectivity index (χ1) is 16.3. The Labute approximate surface area is 200 Å². The summed E-state index contributed by atoms with van der Waals surface area (Å²) in [6.07, 6.45) is 0. The monoisotopic (exact) mass is 484 g/mol. The van der Waals surface area contributed by atoms with E-state index in [0.717, 1.165) is 9.87 Å². The molecule has 8 nitrogen and oxygen atoms in total. The number of nitrogens with zero attached hydrogens (tertiary/aromatic N) is 1. The highest BCUT2D eigenvalue weighted by atomic mass is 32.2. The molecule has 34 heavy (non-hydrogen) atoms. The van der Waals surface area contributed by atoms with Gasteiger partial charge in [0.15, 0.2) is 0 Å². The van der Waals surface area contributed by atoms with Crippen LogP contribution >= 0.6 is 0 Å². The quantitative estimate of drug-likeness (QED) is 0.463. The third-order valence-corrected chi connectivity index (χ3v) is 6.80. The van der Waals surface area contributed by atoms with E-state index in [1.165, 1.54) is 26.4 Å². The van der Waals surface area contributed by atoms with Crippen LogP contribution in [0.5, 0.6) is 17.2 Å². The number of hydrogen-bond acceptors (Lipinski definition) is 6. The van der Waals surface area contributed by atoms with Crippen molar-refractivity contribution in [3.63, 3.8) is 0 Å². The van der Waals surface area contributed by atoms with E-state index in [1.54, 1.807) is 54.6 Å². The van der Waals surface area contributed by atoms with Crippen LogP contribution in [0.15, 0.2) is 71.6 Å². The van der Waals surface area contributed by atoms with E-state index in [-0.39, 0.29) is 4.90 Å². The second kappa shape index (κ2) is 10.9. The van der Waals surface area contributed by atoms with Crippen molar-refractivity contribution in [3.8, 4) is 17.2 Å². The Balaban J connectivity index is 1.95. The van der Waals surface area contributed by atoms with Crippen LogP contribution in [0.4, 0.5) is 11.4 Å². The van der Waals surface area contributed by atoms with Gasteiger partial charge in [0.1, 0.15) is 23.8 Å². The second-order valence-corrected chi connectivity index (χ2v) is 9.23. The third kappa shape index (κ3) is 5.79. The number of carbonyl (C=O) groups excluding carboxylic acids is 1. The van der Waals surface area contributed by atoms with Gasteiger partial charge in [-0.3, -0.25) is 9.10 Å². The maximum absolute atomic E-state index is 13.5. The van der Waals surface area contributed by atoms with Crippen molar-refractivity contribution in [2.45, 2.75) is 18.7 Å². The third-order valence-electron chi connectivity index (χ3n) is 5.01. The van der Waals surface area contributed by atoms with Gasteiger partial charge < -0.3 is 19.5 Å². The summed E-state index contributed by atoms with van der Waals surface area (Å²) >= 11 is 0. The molecule has 0 aliphatic heterocycles. The molecule has 3 rings (SSSR count). The molecule has 0 saturated carbocycles. The zero-order chi connectivity index (χ0) is 24.7. The van der Waals surface area contributed by atoms with Crippen molar-refractivity contribution in [2.24, 2.45) is 0 Å². The molecule has 180 valence electrons. The van der Waals surface area contributed by atoms with E-state index in [0.29, 0.717) is 35.2 Å². The van der Waals surface area contributed by atoms with Gasteiger partial charge in [0, 0.05) is 6.07 Å². The van der Waals surface area contributed by atoms with Gasteiger partial charge in [-0.25, -0.2) is 8.42 Å². The van der Waals surface area contributed by atoms with Gasteiger partial charge >= 0.3 is 0 Å². The molecule has 0 aliphatic rings. The van der Waals surface area contributed by atoms with Crippen LogP contribution in [0, 0.1) is 6.92 Å². The Bertz CT molecular complexity index is 1230. The topological polar surface area (TPSA) is 94.2 Å². The van der Waals surface area contributed by atoms with Crippen molar-refractivity contribution in [3.05, 3.63) is 72.3 Å². The molecule has 0 atom stereocenters. The molecule has 1 N–H and O–H groups in total. The molecule has 0 aliphatic carbocycles. The maximum Gasteiger partial charge on any atom is 0.264 e. The lowest BCUT2D eigenvalue weighted by molar-refractivity contribution is -0.114. The van der Waals surface area contributed by atoms with Crippen LogP contribution in [0.25, 0.3) is 0 Å². The molecule has 0 spiro atoms. The Kier molecular flexibility index (Phi) is 8.01. The molecular formula is C25H28N2O6S. The summed E-state index contributed by atoms with van der Waals surface area (Å²) in [5.74, 6) is 0.996. The number of ether oxygens (including phenoxy) is 3. The highest BCUT2D eigenvalue weighted by Crippen LogP contribution is 2.30. The average Bonchev–Trinajstić information content (AvgIpc) is 2.83. The Hall–Kier alpha value is -3.72. The number of anilines is 2. The van der Waals surface area contributed by atoms with E-state index in [4.69, 9.17) is 14.2 Å². The highest BCUT2D eigenvalue weighted by molar-refractivity contribution is 7.92. The minimum absolute atomic E-state index is 0.0822. The zero-order valence-electron chi connectivity index (χ0n) is 19.6. The van der Waals surface area contributed by atoms with Crippen molar-refractivity contribution in [1.29, 1.82) is 0 Å². The first-order valence-electron chi connectivity index (χ1n) is 10.6. The summed E-state index contributed by atoms with van der Waals surface area (Å²) < 4.78 is 44.1. The number of sulfonamides is 1.